The lowest BCUT2D eigenvalue weighted by atomic mass is 10.1. The number of hydrogen-bond donors (Lipinski definition) is 0. The lowest BCUT2D eigenvalue weighted by molar-refractivity contribution is 0.134. The van der Waals surface area contributed by atoms with Gasteiger partial charge in [-0.05, 0) is 19.9 Å². The molecule has 6 nitrogen and oxygen atoms in total. The number of aliphatic imine (C=N–C) groups is 2. The zero-order valence-corrected chi connectivity index (χ0v) is 10.8. The van der Waals surface area contributed by atoms with Crippen LogP contribution >= 0.6 is 0 Å². The van der Waals surface area contributed by atoms with Crippen molar-refractivity contribution in [2.45, 2.75) is 20.5 Å². The molecule has 0 saturated carbocycles. The summed E-state index contributed by atoms with van der Waals surface area (Å²) in [6, 6.07) is 3.11. The quantitative estimate of drug-likeness (QED) is 0.559. The number of nitrogens with zero attached hydrogens (tertiary/aromatic N) is 2. The average molecular weight is 262 g/mol. The summed E-state index contributed by atoms with van der Waals surface area (Å²) in [7, 11) is 0. The normalized spacial score (nSPS) is 9.37. The molecule has 0 atom stereocenters. The van der Waals surface area contributed by atoms with Crippen LogP contribution in [-0.4, -0.2) is 25.4 Å². The van der Waals surface area contributed by atoms with E-state index in [-0.39, 0.29) is 6.61 Å². The topological polar surface area (TPSA) is 77.3 Å². The Bertz CT molecular complexity index is 530. The van der Waals surface area contributed by atoms with E-state index in [9.17, 15) is 9.59 Å². The molecule has 0 spiro atoms. The monoisotopic (exact) mass is 262 g/mol. The molecule has 0 aliphatic carbocycles. The van der Waals surface area contributed by atoms with Crippen molar-refractivity contribution in [3.63, 3.8) is 0 Å². The number of isocyanates is 2. The Labute approximate surface area is 110 Å². The number of benzene rings is 1. The first-order chi connectivity index (χ1) is 9.26. The lowest BCUT2D eigenvalue weighted by Gasteiger charge is -2.10. The molecule has 0 amide bonds. The number of rotatable bonds is 7. The Morgan fingerprint density at radius 2 is 1.74 bits per heavy atom. The summed E-state index contributed by atoms with van der Waals surface area (Å²) < 4.78 is 10.6. The van der Waals surface area contributed by atoms with Gasteiger partial charge in [0.05, 0.1) is 18.9 Å². The van der Waals surface area contributed by atoms with Crippen molar-refractivity contribution < 1.29 is 19.1 Å². The maximum Gasteiger partial charge on any atom is 0.240 e. The van der Waals surface area contributed by atoms with Gasteiger partial charge >= 0.3 is 0 Å². The second-order valence-corrected chi connectivity index (χ2v) is 3.42. The minimum absolute atomic E-state index is 0.255. The molecular weight excluding hydrogens is 248 g/mol. The molecule has 0 unspecified atom stereocenters. The van der Waals surface area contributed by atoms with E-state index in [1.165, 1.54) is 18.2 Å². The molecule has 0 heterocycles. The molecule has 0 fully saturated rings. The molecule has 1 rings (SSSR count). The minimum Gasteiger partial charge on any atom is -0.492 e. The van der Waals surface area contributed by atoms with Gasteiger partial charge in [0.2, 0.25) is 12.2 Å². The van der Waals surface area contributed by atoms with Gasteiger partial charge in [0, 0.05) is 18.2 Å². The molecule has 1 aromatic carbocycles. The minimum atomic E-state index is 0.255. The predicted molar refractivity (Wildman–Crippen MR) is 68.5 cm³/mol. The van der Waals surface area contributed by atoms with Gasteiger partial charge in [0.1, 0.15) is 11.4 Å². The van der Waals surface area contributed by atoms with Crippen LogP contribution in [0.2, 0.25) is 0 Å². The summed E-state index contributed by atoms with van der Waals surface area (Å²) in [5, 5.41) is 0. The van der Waals surface area contributed by atoms with Gasteiger partial charge in [-0.25, -0.2) is 9.59 Å². The summed E-state index contributed by atoms with van der Waals surface area (Å²) in [6.45, 7) is 4.82. The Morgan fingerprint density at radius 3 is 2.32 bits per heavy atom. The summed E-state index contributed by atoms with van der Waals surface area (Å²) in [5.74, 6) is 0.361. The van der Waals surface area contributed by atoms with Crippen LogP contribution in [0.3, 0.4) is 0 Å². The SMILES string of the molecule is CCOCc1cc(N=C=O)c(OCC)cc1N=C=O. The smallest absolute Gasteiger partial charge is 0.240 e. The maximum atomic E-state index is 10.4. The van der Waals surface area contributed by atoms with Crippen molar-refractivity contribution in [2.24, 2.45) is 9.98 Å². The maximum absolute atomic E-state index is 10.4. The Morgan fingerprint density at radius 1 is 1.05 bits per heavy atom. The highest BCUT2D eigenvalue weighted by molar-refractivity contribution is 5.67. The highest BCUT2D eigenvalue weighted by Gasteiger charge is 2.10. The molecule has 0 saturated heterocycles. The summed E-state index contributed by atoms with van der Waals surface area (Å²) in [5.41, 5.74) is 1.34. The van der Waals surface area contributed by atoms with Gasteiger partial charge in [-0.15, -0.1) is 0 Å². The third kappa shape index (κ3) is 4.16. The Balaban J connectivity index is 3.30. The van der Waals surface area contributed by atoms with Crippen LogP contribution in [-0.2, 0) is 20.9 Å². The van der Waals surface area contributed by atoms with Crippen molar-refractivity contribution in [3.05, 3.63) is 17.7 Å². The van der Waals surface area contributed by atoms with Gasteiger partial charge in [-0.1, -0.05) is 0 Å². The zero-order valence-electron chi connectivity index (χ0n) is 10.8. The second kappa shape index (κ2) is 7.95. The van der Waals surface area contributed by atoms with Gasteiger partial charge in [-0.3, -0.25) is 0 Å². The molecule has 0 N–H and O–H groups in total. The van der Waals surface area contributed by atoms with Crippen molar-refractivity contribution in [1.82, 2.24) is 0 Å². The Kier molecular flexibility index (Phi) is 6.19. The van der Waals surface area contributed by atoms with E-state index < -0.39 is 0 Å². The van der Waals surface area contributed by atoms with Crippen molar-refractivity contribution in [3.8, 4) is 5.75 Å². The highest BCUT2D eigenvalue weighted by Crippen LogP contribution is 2.35. The molecular formula is C13H14N2O4. The first kappa shape index (κ1) is 14.8. The van der Waals surface area contributed by atoms with Crippen LogP contribution in [0.5, 0.6) is 5.75 Å². The van der Waals surface area contributed by atoms with Gasteiger partial charge in [-0.2, -0.15) is 9.98 Å². The van der Waals surface area contributed by atoms with E-state index >= 15 is 0 Å². The first-order valence-electron chi connectivity index (χ1n) is 5.80. The fraction of sp³-hybridized carbons (Fsp3) is 0.385. The van der Waals surface area contributed by atoms with Crippen LogP contribution in [0.15, 0.2) is 22.1 Å². The van der Waals surface area contributed by atoms with Crippen molar-refractivity contribution in [2.75, 3.05) is 13.2 Å². The van der Waals surface area contributed by atoms with E-state index in [4.69, 9.17) is 9.47 Å². The molecule has 19 heavy (non-hydrogen) atoms. The molecule has 0 bridgehead atoms. The van der Waals surface area contributed by atoms with Crippen LogP contribution < -0.4 is 4.74 Å². The number of carbonyl (C=O) groups excluding carboxylic acids is 2. The van der Waals surface area contributed by atoms with Crippen LogP contribution in [0.25, 0.3) is 0 Å². The standard InChI is InChI=1S/C13H14N2O4/c1-3-18-7-10-5-12(15-9-17)13(19-4-2)6-11(10)14-8-16/h5-6H,3-4,7H2,1-2H3. The average Bonchev–Trinajstić information content (AvgIpc) is 2.40. The first-order valence-corrected chi connectivity index (χ1v) is 5.80. The van der Waals surface area contributed by atoms with Gasteiger partial charge < -0.3 is 9.47 Å². The van der Waals surface area contributed by atoms with E-state index in [0.29, 0.717) is 35.9 Å². The summed E-state index contributed by atoms with van der Waals surface area (Å²) in [6.07, 6.45) is 2.94. The molecule has 100 valence electrons. The van der Waals surface area contributed by atoms with Crippen LogP contribution in [0.1, 0.15) is 19.4 Å². The van der Waals surface area contributed by atoms with Gasteiger partial charge in [0.25, 0.3) is 0 Å². The fourth-order valence-electron chi connectivity index (χ4n) is 1.49. The van der Waals surface area contributed by atoms with E-state index in [2.05, 4.69) is 9.98 Å². The lowest BCUT2D eigenvalue weighted by Crippen LogP contribution is -1.96. The third-order valence-corrected chi connectivity index (χ3v) is 2.25. The number of ether oxygens (including phenoxy) is 2. The van der Waals surface area contributed by atoms with Gasteiger partial charge in [0.15, 0.2) is 0 Å². The highest BCUT2D eigenvalue weighted by atomic mass is 16.5. The summed E-state index contributed by atoms with van der Waals surface area (Å²) >= 11 is 0. The number of hydrogen-bond acceptors (Lipinski definition) is 6. The third-order valence-electron chi connectivity index (χ3n) is 2.25. The van der Waals surface area contributed by atoms with E-state index in [0.717, 1.165) is 0 Å². The molecule has 0 aromatic heterocycles. The van der Waals surface area contributed by atoms with Crippen molar-refractivity contribution in [1.29, 1.82) is 0 Å². The molecule has 0 aliphatic rings. The fourth-order valence-corrected chi connectivity index (χ4v) is 1.49. The molecule has 6 heteroatoms. The van der Waals surface area contributed by atoms with E-state index in [1.807, 2.05) is 6.92 Å². The van der Waals surface area contributed by atoms with Crippen molar-refractivity contribution >= 4 is 23.5 Å². The molecule has 0 aliphatic heterocycles. The zero-order chi connectivity index (χ0) is 14.1. The molecule has 0 radical (unpaired) electrons. The predicted octanol–water partition coefficient (Wildman–Crippen LogP) is 2.56. The Hall–Kier alpha value is -2.26. The summed E-state index contributed by atoms with van der Waals surface area (Å²) in [4.78, 5) is 28.0. The molecule has 1 aromatic rings. The van der Waals surface area contributed by atoms with Crippen LogP contribution in [0.4, 0.5) is 11.4 Å². The second-order valence-electron chi connectivity index (χ2n) is 3.42. The van der Waals surface area contributed by atoms with Crippen LogP contribution in [0, 0.1) is 0 Å². The van der Waals surface area contributed by atoms with E-state index in [1.54, 1.807) is 13.0 Å². The largest absolute Gasteiger partial charge is 0.492 e.